The number of ketones is 1. The van der Waals surface area contributed by atoms with Crippen LogP contribution >= 0.6 is 0 Å². The fourth-order valence-electron chi connectivity index (χ4n) is 1.22. The van der Waals surface area contributed by atoms with Crippen molar-refractivity contribution in [3.8, 4) is 0 Å². The van der Waals surface area contributed by atoms with E-state index in [2.05, 4.69) is 20.8 Å². The van der Waals surface area contributed by atoms with E-state index in [0.29, 0.717) is 0 Å². The van der Waals surface area contributed by atoms with E-state index < -0.39 is 0 Å². The van der Waals surface area contributed by atoms with Crippen molar-refractivity contribution in [2.24, 2.45) is 5.92 Å². The molecule has 0 heterocycles. The molecule has 0 saturated carbocycles. The summed E-state index contributed by atoms with van der Waals surface area (Å²) in [6.07, 6.45) is 9.14. The lowest BCUT2D eigenvalue weighted by molar-refractivity contribution is -0.112. The van der Waals surface area contributed by atoms with Crippen LogP contribution in [-0.2, 0) is 4.79 Å². The molecule has 0 fully saturated rings. The number of carbonyl (C=O) groups is 1. The van der Waals surface area contributed by atoms with Crippen molar-refractivity contribution in [1.82, 2.24) is 0 Å². The molecule has 0 N–H and O–H groups in total. The van der Waals surface area contributed by atoms with Gasteiger partial charge in [-0.1, -0.05) is 38.0 Å². The Labute approximate surface area is 87.9 Å². The van der Waals surface area contributed by atoms with Crippen LogP contribution in [0.25, 0.3) is 0 Å². The maximum absolute atomic E-state index is 10.6. The molecule has 0 aliphatic heterocycles. The quantitative estimate of drug-likeness (QED) is 0.463. The molecule has 0 aromatic carbocycles. The molecule has 0 radical (unpaired) electrons. The summed E-state index contributed by atoms with van der Waals surface area (Å²) >= 11 is 0. The highest BCUT2D eigenvalue weighted by atomic mass is 16.1. The molecule has 1 nitrogen and oxygen atoms in total. The van der Waals surface area contributed by atoms with Crippen molar-refractivity contribution >= 4 is 5.78 Å². The molecule has 0 rings (SSSR count). The average molecular weight is 194 g/mol. The first-order chi connectivity index (χ1) is 6.52. The van der Waals surface area contributed by atoms with Crippen molar-refractivity contribution in [2.45, 2.75) is 47.0 Å². The summed E-state index contributed by atoms with van der Waals surface area (Å²) in [5.74, 6) is 0.895. The third kappa shape index (κ3) is 9.24. The van der Waals surface area contributed by atoms with Gasteiger partial charge in [-0.2, -0.15) is 0 Å². The van der Waals surface area contributed by atoms with Gasteiger partial charge in [0.1, 0.15) is 0 Å². The molecule has 0 bridgehead atoms. The normalized spacial score (nSPS) is 12.8. The van der Waals surface area contributed by atoms with E-state index in [9.17, 15) is 4.79 Å². The molecule has 0 saturated heterocycles. The van der Waals surface area contributed by atoms with E-state index in [4.69, 9.17) is 0 Å². The van der Waals surface area contributed by atoms with Gasteiger partial charge in [0.15, 0.2) is 5.78 Å². The Morgan fingerprint density at radius 1 is 1.29 bits per heavy atom. The third-order valence-electron chi connectivity index (χ3n) is 2.06. The zero-order valence-electron chi connectivity index (χ0n) is 9.84. The second-order valence-electron chi connectivity index (χ2n) is 4.27. The molecule has 80 valence electrons. The number of rotatable bonds is 6. The fraction of sp³-hybridized carbons (Fsp3) is 0.615. The standard InChI is InChI=1S/C13H22O/c1-11(2)7-5-8-12(3)9-6-10-13(4)14/h6,9-11H,5,7-8H2,1-4H3/b10-6+,12-9+. The van der Waals surface area contributed by atoms with Gasteiger partial charge in [0.2, 0.25) is 0 Å². The Morgan fingerprint density at radius 3 is 2.43 bits per heavy atom. The van der Waals surface area contributed by atoms with Gasteiger partial charge in [0.25, 0.3) is 0 Å². The van der Waals surface area contributed by atoms with Gasteiger partial charge in [-0.15, -0.1) is 0 Å². The summed E-state index contributed by atoms with van der Waals surface area (Å²) in [6.45, 7) is 8.17. The molecular weight excluding hydrogens is 172 g/mol. The van der Waals surface area contributed by atoms with Crippen molar-refractivity contribution in [2.75, 3.05) is 0 Å². The lowest BCUT2D eigenvalue weighted by Crippen LogP contribution is -1.87. The third-order valence-corrected chi connectivity index (χ3v) is 2.06. The van der Waals surface area contributed by atoms with Gasteiger partial charge in [-0.25, -0.2) is 0 Å². The first-order valence-corrected chi connectivity index (χ1v) is 5.36. The smallest absolute Gasteiger partial charge is 0.152 e. The average Bonchev–Trinajstić information content (AvgIpc) is 2.02. The largest absolute Gasteiger partial charge is 0.295 e. The molecule has 0 spiro atoms. The number of hydrogen-bond donors (Lipinski definition) is 0. The first kappa shape index (κ1) is 13.2. The van der Waals surface area contributed by atoms with Crippen LogP contribution in [0.3, 0.4) is 0 Å². The fourth-order valence-corrected chi connectivity index (χ4v) is 1.22. The maximum Gasteiger partial charge on any atom is 0.152 e. The monoisotopic (exact) mass is 194 g/mol. The summed E-state index contributed by atoms with van der Waals surface area (Å²) in [7, 11) is 0. The van der Waals surface area contributed by atoms with E-state index in [1.807, 2.05) is 12.2 Å². The summed E-state index contributed by atoms with van der Waals surface area (Å²) in [5, 5.41) is 0. The second-order valence-corrected chi connectivity index (χ2v) is 4.27. The van der Waals surface area contributed by atoms with Crippen molar-refractivity contribution in [3.05, 3.63) is 23.8 Å². The minimum Gasteiger partial charge on any atom is -0.295 e. The van der Waals surface area contributed by atoms with E-state index in [0.717, 1.165) is 12.3 Å². The Kier molecular flexibility index (Phi) is 7.09. The van der Waals surface area contributed by atoms with E-state index in [-0.39, 0.29) is 5.78 Å². The molecule has 0 aromatic heterocycles. The van der Waals surface area contributed by atoms with E-state index >= 15 is 0 Å². The Morgan fingerprint density at radius 2 is 1.93 bits per heavy atom. The number of carbonyl (C=O) groups excluding carboxylic acids is 1. The molecule has 14 heavy (non-hydrogen) atoms. The number of hydrogen-bond acceptors (Lipinski definition) is 1. The first-order valence-electron chi connectivity index (χ1n) is 5.36. The molecule has 1 heteroatoms. The second kappa shape index (κ2) is 7.54. The SMILES string of the molecule is CC(=O)/C=C/C=C(\C)CCCC(C)C. The maximum atomic E-state index is 10.6. The van der Waals surface area contributed by atoms with Gasteiger partial charge in [0.05, 0.1) is 0 Å². The molecular formula is C13H22O. The molecule has 0 unspecified atom stereocenters. The van der Waals surface area contributed by atoms with Gasteiger partial charge >= 0.3 is 0 Å². The highest BCUT2D eigenvalue weighted by Crippen LogP contribution is 2.11. The van der Waals surface area contributed by atoms with Crippen LogP contribution in [0.2, 0.25) is 0 Å². The van der Waals surface area contributed by atoms with E-state index in [1.54, 1.807) is 13.0 Å². The number of allylic oxidation sites excluding steroid dienone is 4. The predicted molar refractivity (Wildman–Crippen MR) is 62.3 cm³/mol. The zero-order chi connectivity index (χ0) is 11.0. The van der Waals surface area contributed by atoms with Gasteiger partial charge in [-0.3, -0.25) is 4.79 Å². The lowest BCUT2D eigenvalue weighted by Gasteiger charge is -2.03. The minimum atomic E-state index is 0.108. The summed E-state index contributed by atoms with van der Waals surface area (Å²) in [4.78, 5) is 10.6. The Balaban J connectivity index is 3.72. The van der Waals surface area contributed by atoms with Crippen LogP contribution in [0.4, 0.5) is 0 Å². The molecule has 0 amide bonds. The lowest BCUT2D eigenvalue weighted by atomic mass is 10.0. The van der Waals surface area contributed by atoms with Crippen LogP contribution in [0.1, 0.15) is 47.0 Å². The van der Waals surface area contributed by atoms with E-state index in [1.165, 1.54) is 18.4 Å². The van der Waals surface area contributed by atoms with Crippen LogP contribution in [-0.4, -0.2) is 5.78 Å². The van der Waals surface area contributed by atoms with Crippen LogP contribution in [0, 0.1) is 5.92 Å². The Bertz CT molecular complexity index is 221. The molecule has 0 aliphatic carbocycles. The highest BCUT2D eigenvalue weighted by molar-refractivity contribution is 5.87. The molecule has 0 aliphatic rings. The van der Waals surface area contributed by atoms with Crippen molar-refractivity contribution in [1.29, 1.82) is 0 Å². The minimum absolute atomic E-state index is 0.108. The van der Waals surface area contributed by atoms with Crippen molar-refractivity contribution in [3.63, 3.8) is 0 Å². The summed E-state index contributed by atoms with van der Waals surface area (Å²) in [5.41, 5.74) is 1.35. The molecule has 0 aromatic rings. The Hall–Kier alpha value is -0.850. The van der Waals surface area contributed by atoms with Gasteiger partial charge in [0, 0.05) is 0 Å². The van der Waals surface area contributed by atoms with Crippen LogP contribution < -0.4 is 0 Å². The zero-order valence-corrected chi connectivity index (χ0v) is 9.84. The summed E-state index contributed by atoms with van der Waals surface area (Å²) in [6, 6.07) is 0. The highest BCUT2D eigenvalue weighted by Gasteiger charge is 1.94. The topological polar surface area (TPSA) is 17.1 Å². The predicted octanol–water partition coefficient (Wildman–Crippen LogP) is 3.90. The van der Waals surface area contributed by atoms with Crippen LogP contribution in [0.15, 0.2) is 23.8 Å². The summed E-state index contributed by atoms with van der Waals surface area (Å²) < 4.78 is 0. The van der Waals surface area contributed by atoms with Gasteiger partial charge < -0.3 is 0 Å². The van der Waals surface area contributed by atoms with Crippen LogP contribution in [0.5, 0.6) is 0 Å². The van der Waals surface area contributed by atoms with Gasteiger partial charge in [-0.05, 0) is 38.7 Å². The molecule has 0 atom stereocenters. The van der Waals surface area contributed by atoms with Crippen molar-refractivity contribution < 1.29 is 4.79 Å².